The molecule has 0 fully saturated rings. The van der Waals surface area contributed by atoms with Gasteiger partial charge in [0.1, 0.15) is 37.9 Å². The molecular weight excluding hydrogens is 524 g/mol. The van der Waals surface area contributed by atoms with E-state index in [4.69, 9.17) is 29.2 Å². The molecule has 0 saturated heterocycles. The van der Waals surface area contributed by atoms with Crippen molar-refractivity contribution in [1.82, 2.24) is 0 Å². The largest absolute Gasteiger partial charge is 0.490 e. The second kappa shape index (κ2) is 19.5. The molecule has 0 aromatic heterocycles. The van der Waals surface area contributed by atoms with E-state index in [1.54, 1.807) is 0 Å². The molecule has 8 heteroatoms. The van der Waals surface area contributed by atoms with E-state index in [-0.39, 0.29) is 37.6 Å². The Morgan fingerprint density at radius 2 is 1.27 bits per heavy atom. The van der Waals surface area contributed by atoms with Crippen LogP contribution in [0, 0.1) is 0 Å². The summed E-state index contributed by atoms with van der Waals surface area (Å²) in [5, 5.41) is 18.0. The van der Waals surface area contributed by atoms with Gasteiger partial charge in [0, 0.05) is 0 Å². The fourth-order valence-electron chi connectivity index (χ4n) is 4.08. The number of ether oxygens (including phenoxy) is 4. The van der Waals surface area contributed by atoms with Crippen LogP contribution in [0.25, 0.3) is 11.1 Å². The van der Waals surface area contributed by atoms with E-state index in [0.29, 0.717) is 11.5 Å². The van der Waals surface area contributed by atoms with Crippen LogP contribution in [0.4, 0.5) is 0 Å². The molecule has 0 heterocycles. The van der Waals surface area contributed by atoms with E-state index in [0.717, 1.165) is 24.0 Å². The lowest BCUT2D eigenvalue weighted by atomic mass is 9.95. The normalized spacial score (nSPS) is 10.6. The minimum absolute atomic E-state index is 0.00196. The first-order chi connectivity index (χ1) is 19.9. The SMILES string of the molecule is C=C(CO)C(=O)OCCOc1cccc(-c2cc(OCCOC(=O)C(=C)CO)ccc2CCCCCCCCC)c1. The molecule has 0 aliphatic carbocycles. The van der Waals surface area contributed by atoms with Crippen LogP contribution in [-0.2, 0) is 25.5 Å². The minimum atomic E-state index is -0.648. The van der Waals surface area contributed by atoms with Gasteiger partial charge in [0.2, 0.25) is 0 Å². The van der Waals surface area contributed by atoms with Crippen molar-refractivity contribution >= 4 is 11.9 Å². The van der Waals surface area contributed by atoms with Crippen LogP contribution in [0.1, 0.15) is 57.4 Å². The van der Waals surface area contributed by atoms with Gasteiger partial charge in [0.25, 0.3) is 0 Å². The maximum absolute atomic E-state index is 11.7. The molecule has 0 aliphatic rings. The van der Waals surface area contributed by atoms with Gasteiger partial charge in [-0.15, -0.1) is 0 Å². The average molecular weight is 569 g/mol. The van der Waals surface area contributed by atoms with Crippen LogP contribution in [0.5, 0.6) is 11.5 Å². The lowest BCUT2D eigenvalue weighted by molar-refractivity contribution is -0.141. The third-order valence-corrected chi connectivity index (χ3v) is 6.41. The highest BCUT2D eigenvalue weighted by molar-refractivity contribution is 5.88. The fraction of sp³-hybridized carbons (Fsp3) is 0.455. The van der Waals surface area contributed by atoms with Gasteiger partial charge >= 0.3 is 11.9 Å². The van der Waals surface area contributed by atoms with Crippen LogP contribution in [0.2, 0.25) is 0 Å². The lowest BCUT2D eigenvalue weighted by Crippen LogP contribution is -2.15. The molecule has 2 aromatic carbocycles. The predicted octanol–water partition coefficient (Wildman–Crippen LogP) is 5.59. The van der Waals surface area contributed by atoms with E-state index >= 15 is 0 Å². The Morgan fingerprint density at radius 1 is 0.707 bits per heavy atom. The number of unbranched alkanes of at least 4 members (excludes halogenated alkanes) is 6. The van der Waals surface area contributed by atoms with Gasteiger partial charge in [-0.25, -0.2) is 9.59 Å². The summed E-state index contributed by atoms with van der Waals surface area (Å²) in [4.78, 5) is 23.3. The Labute approximate surface area is 243 Å². The van der Waals surface area contributed by atoms with Gasteiger partial charge < -0.3 is 29.2 Å². The van der Waals surface area contributed by atoms with E-state index < -0.39 is 25.2 Å². The van der Waals surface area contributed by atoms with Gasteiger partial charge in [-0.1, -0.05) is 76.8 Å². The molecular formula is C33H44O8. The first-order valence-corrected chi connectivity index (χ1v) is 14.3. The van der Waals surface area contributed by atoms with Gasteiger partial charge in [0.15, 0.2) is 0 Å². The first-order valence-electron chi connectivity index (χ1n) is 14.3. The van der Waals surface area contributed by atoms with Crippen molar-refractivity contribution in [1.29, 1.82) is 0 Å². The summed E-state index contributed by atoms with van der Waals surface area (Å²) in [6.45, 7) is 8.61. The van der Waals surface area contributed by atoms with E-state index in [1.807, 2.05) is 36.4 Å². The van der Waals surface area contributed by atoms with Gasteiger partial charge in [-0.05, 0) is 53.8 Å². The smallest absolute Gasteiger partial charge is 0.335 e. The zero-order chi connectivity index (χ0) is 29.9. The number of benzene rings is 2. The number of aliphatic hydroxyl groups is 2. The third kappa shape index (κ3) is 12.6. The monoisotopic (exact) mass is 568 g/mol. The molecule has 0 bridgehead atoms. The Bertz CT molecular complexity index is 1120. The zero-order valence-corrected chi connectivity index (χ0v) is 24.2. The van der Waals surface area contributed by atoms with Gasteiger partial charge in [-0.3, -0.25) is 0 Å². The zero-order valence-electron chi connectivity index (χ0n) is 24.2. The van der Waals surface area contributed by atoms with Crippen molar-refractivity contribution in [3.63, 3.8) is 0 Å². The van der Waals surface area contributed by atoms with Crippen LogP contribution in [0.3, 0.4) is 0 Å². The maximum atomic E-state index is 11.7. The molecule has 8 nitrogen and oxygen atoms in total. The summed E-state index contributed by atoms with van der Waals surface area (Å²) >= 11 is 0. The summed E-state index contributed by atoms with van der Waals surface area (Å²) in [6.07, 6.45) is 9.52. The molecule has 0 amide bonds. The molecule has 41 heavy (non-hydrogen) atoms. The van der Waals surface area contributed by atoms with Crippen LogP contribution < -0.4 is 9.47 Å². The Balaban J connectivity index is 2.07. The molecule has 2 rings (SSSR count). The van der Waals surface area contributed by atoms with Crippen molar-refractivity contribution in [3.05, 3.63) is 72.3 Å². The van der Waals surface area contributed by atoms with Crippen molar-refractivity contribution in [2.75, 3.05) is 39.6 Å². The number of carbonyl (C=O) groups excluding carboxylic acids is 2. The molecule has 2 N–H and O–H groups in total. The Morgan fingerprint density at radius 3 is 1.85 bits per heavy atom. The van der Waals surface area contributed by atoms with Crippen LogP contribution in [-0.4, -0.2) is 61.8 Å². The van der Waals surface area contributed by atoms with Crippen molar-refractivity contribution in [2.45, 2.75) is 58.3 Å². The summed E-state index contributed by atoms with van der Waals surface area (Å²) < 4.78 is 21.8. The van der Waals surface area contributed by atoms with Gasteiger partial charge in [-0.2, -0.15) is 0 Å². The number of hydrogen-bond donors (Lipinski definition) is 2. The lowest BCUT2D eigenvalue weighted by Gasteiger charge is -2.15. The molecule has 0 atom stereocenters. The van der Waals surface area contributed by atoms with Crippen LogP contribution in [0.15, 0.2) is 66.8 Å². The topological polar surface area (TPSA) is 112 Å². The standard InChI is InChI=1S/C33H44O8/c1-4-5-6-7-8-9-10-12-27-15-16-30(39-18-20-41-33(37)26(3)24-35)22-31(27)28-13-11-14-29(21-28)38-17-19-40-32(36)25(2)23-34/h11,13-16,21-22,34-35H,2-10,12,17-20,23-24H2,1H3. The fourth-order valence-corrected chi connectivity index (χ4v) is 4.08. The quantitative estimate of drug-likeness (QED) is 0.114. The number of aliphatic hydroxyl groups excluding tert-OH is 2. The molecule has 0 unspecified atom stereocenters. The highest BCUT2D eigenvalue weighted by Crippen LogP contribution is 2.32. The molecule has 0 radical (unpaired) electrons. The van der Waals surface area contributed by atoms with Crippen molar-refractivity contribution in [3.8, 4) is 22.6 Å². The number of rotatable bonds is 21. The molecule has 0 saturated carbocycles. The summed E-state index contributed by atoms with van der Waals surface area (Å²) in [6, 6.07) is 13.7. The van der Waals surface area contributed by atoms with E-state index in [9.17, 15) is 9.59 Å². The summed E-state index contributed by atoms with van der Waals surface area (Å²) in [5.74, 6) is -0.0250. The number of esters is 2. The highest BCUT2D eigenvalue weighted by Gasteiger charge is 2.11. The minimum Gasteiger partial charge on any atom is -0.490 e. The average Bonchev–Trinajstić information content (AvgIpc) is 3.00. The van der Waals surface area contributed by atoms with Crippen molar-refractivity contribution < 1.29 is 38.7 Å². The summed E-state index contributed by atoms with van der Waals surface area (Å²) in [7, 11) is 0. The maximum Gasteiger partial charge on any atom is 0.335 e. The van der Waals surface area contributed by atoms with Crippen molar-refractivity contribution in [2.24, 2.45) is 0 Å². The number of hydrogen-bond acceptors (Lipinski definition) is 8. The second-order valence-electron chi connectivity index (χ2n) is 9.71. The molecule has 224 valence electrons. The van der Waals surface area contributed by atoms with Gasteiger partial charge in [0.05, 0.1) is 24.4 Å². The first kappa shape index (κ1) is 33.6. The summed E-state index contributed by atoms with van der Waals surface area (Å²) in [5.41, 5.74) is 3.18. The van der Waals surface area contributed by atoms with E-state index in [2.05, 4.69) is 26.1 Å². The number of carbonyl (C=O) groups is 2. The Kier molecular flexibility index (Phi) is 15.9. The molecule has 0 spiro atoms. The highest BCUT2D eigenvalue weighted by atomic mass is 16.6. The molecule has 2 aromatic rings. The number of aryl methyl sites for hydroxylation is 1. The van der Waals surface area contributed by atoms with E-state index in [1.165, 1.54) is 44.1 Å². The predicted molar refractivity (Wildman–Crippen MR) is 159 cm³/mol. The third-order valence-electron chi connectivity index (χ3n) is 6.41. The Hall–Kier alpha value is -3.62. The van der Waals surface area contributed by atoms with Crippen LogP contribution >= 0.6 is 0 Å². The molecule has 0 aliphatic heterocycles. The second-order valence-corrected chi connectivity index (χ2v) is 9.71.